The Kier molecular flexibility index (Phi) is 6.16. The number of halogens is 1. The molecule has 2 fully saturated rings. The molecular weight excluding hydrogens is 388 g/mol. The monoisotopic (exact) mass is 412 g/mol. The van der Waals surface area contributed by atoms with Crippen LogP contribution in [0, 0.1) is 5.92 Å². The molecule has 6 heteroatoms. The zero-order valence-corrected chi connectivity index (χ0v) is 17.1. The minimum absolute atomic E-state index is 0.0295. The van der Waals surface area contributed by atoms with Crippen LogP contribution >= 0.6 is 11.6 Å². The molecule has 1 heterocycles. The van der Waals surface area contributed by atoms with Gasteiger partial charge in [-0.1, -0.05) is 29.8 Å². The SMILES string of the molecule is O=C(c1ccc(Cl)cc1)N1CCOC(CN(CC2CC2)C(=O)c2ccccc2)C1. The van der Waals surface area contributed by atoms with Crippen molar-refractivity contribution in [2.75, 3.05) is 32.8 Å². The first-order valence-electron chi connectivity index (χ1n) is 10.1. The summed E-state index contributed by atoms with van der Waals surface area (Å²) in [7, 11) is 0. The fourth-order valence-corrected chi connectivity index (χ4v) is 3.78. The first kappa shape index (κ1) is 19.9. The Labute approximate surface area is 176 Å². The molecule has 1 aliphatic carbocycles. The van der Waals surface area contributed by atoms with Gasteiger partial charge in [0.05, 0.1) is 12.7 Å². The molecule has 29 heavy (non-hydrogen) atoms. The van der Waals surface area contributed by atoms with Gasteiger partial charge in [-0.05, 0) is 55.2 Å². The Bertz CT molecular complexity index is 852. The van der Waals surface area contributed by atoms with Crippen LogP contribution in [0.3, 0.4) is 0 Å². The smallest absolute Gasteiger partial charge is 0.254 e. The van der Waals surface area contributed by atoms with E-state index in [0.29, 0.717) is 48.3 Å². The van der Waals surface area contributed by atoms with Crippen molar-refractivity contribution < 1.29 is 14.3 Å². The van der Waals surface area contributed by atoms with E-state index in [9.17, 15) is 9.59 Å². The minimum atomic E-state index is -0.189. The molecule has 0 spiro atoms. The van der Waals surface area contributed by atoms with Crippen LogP contribution in [0.15, 0.2) is 54.6 Å². The number of morpholine rings is 1. The zero-order valence-electron chi connectivity index (χ0n) is 16.3. The van der Waals surface area contributed by atoms with Gasteiger partial charge < -0.3 is 14.5 Å². The standard InChI is InChI=1S/C23H25ClN2O3/c24-20-10-8-19(9-11-20)22(27)25-12-13-29-21(15-25)16-26(14-17-6-7-17)23(28)18-4-2-1-3-5-18/h1-5,8-11,17,21H,6-7,12-16H2. The molecular formula is C23H25ClN2O3. The normalized spacial score (nSPS) is 19.1. The van der Waals surface area contributed by atoms with E-state index in [4.69, 9.17) is 16.3 Å². The van der Waals surface area contributed by atoms with E-state index in [2.05, 4.69) is 0 Å². The predicted octanol–water partition coefficient (Wildman–Crippen LogP) is 3.73. The molecule has 0 N–H and O–H groups in total. The molecule has 4 rings (SSSR count). The van der Waals surface area contributed by atoms with Crippen LogP contribution in [0.2, 0.25) is 5.02 Å². The molecule has 2 aromatic rings. The lowest BCUT2D eigenvalue weighted by molar-refractivity contribution is -0.0335. The lowest BCUT2D eigenvalue weighted by Crippen LogP contribution is -2.51. The molecule has 1 unspecified atom stereocenters. The largest absolute Gasteiger partial charge is 0.373 e. The van der Waals surface area contributed by atoms with Crippen molar-refractivity contribution in [2.24, 2.45) is 5.92 Å². The molecule has 1 saturated heterocycles. The number of amides is 2. The summed E-state index contributed by atoms with van der Waals surface area (Å²) >= 11 is 5.93. The van der Waals surface area contributed by atoms with Gasteiger partial charge in [0.2, 0.25) is 0 Å². The van der Waals surface area contributed by atoms with Gasteiger partial charge in [0.1, 0.15) is 0 Å². The predicted molar refractivity (Wildman–Crippen MR) is 112 cm³/mol. The fraction of sp³-hybridized carbons (Fsp3) is 0.391. The molecule has 5 nitrogen and oxygen atoms in total. The summed E-state index contributed by atoms with van der Waals surface area (Å²) in [6, 6.07) is 16.3. The van der Waals surface area contributed by atoms with Gasteiger partial charge in [-0.25, -0.2) is 0 Å². The third-order valence-corrected chi connectivity index (χ3v) is 5.68. The van der Waals surface area contributed by atoms with E-state index >= 15 is 0 Å². The van der Waals surface area contributed by atoms with Crippen molar-refractivity contribution >= 4 is 23.4 Å². The number of ether oxygens (including phenoxy) is 1. The van der Waals surface area contributed by atoms with E-state index in [1.807, 2.05) is 35.2 Å². The van der Waals surface area contributed by atoms with E-state index in [1.165, 1.54) is 12.8 Å². The second-order valence-corrected chi connectivity index (χ2v) is 8.21. The number of rotatable bonds is 6. The zero-order chi connectivity index (χ0) is 20.2. The number of carbonyl (C=O) groups is 2. The number of hydrogen-bond acceptors (Lipinski definition) is 3. The summed E-state index contributed by atoms with van der Waals surface area (Å²) in [6.07, 6.45) is 2.16. The topological polar surface area (TPSA) is 49.9 Å². The fourth-order valence-electron chi connectivity index (χ4n) is 3.65. The number of benzene rings is 2. The molecule has 2 amide bonds. The Hall–Kier alpha value is -2.37. The van der Waals surface area contributed by atoms with Gasteiger partial charge in [-0.15, -0.1) is 0 Å². The third-order valence-electron chi connectivity index (χ3n) is 5.42. The molecule has 1 saturated carbocycles. The number of hydrogen-bond donors (Lipinski definition) is 0. The number of carbonyl (C=O) groups excluding carboxylic acids is 2. The first-order chi connectivity index (χ1) is 14.1. The van der Waals surface area contributed by atoms with Crippen molar-refractivity contribution in [1.82, 2.24) is 9.80 Å². The van der Waals surface area contributed by atoms with E-state index in [0.717, 1.165) is 6.54 Å². The highest BCUT2D eigenvalue weighted by Gasteiger charge is 2.31. The van der Waals surface area contributed by atoms with Gasteiger partial charge in [0, 0.05) is 42.3 Å². The van der Waals surface area contributed by atoms with E-state index < -0.39 is 0 Å². The summed E-state index contributed by atoms with van der Waals surface area (Å²) in [6.45, 7) is 2.74. The highest BCUT2D eigenvalue weighted by molar-refractivity contribution is 6.30. The quantitative estimate of drug-likeness (QED) is 0.726. The molecule has 0 bridgehead atoms. The highest BCUT2D eigenvalue weighted by Crippen LogP contribution is 2.30. The Morgan fingerprint density at radius 1 is 1.00 bits per heavy atom. The van der Waals surface area contributed by atoms with Crippen LogP contribution < -0.4 is 0 Å². The van der Waals surface area contributed by atoms with Crippen molar-refractivity contribution in [3.8, 4) is 0 Å². The second kappa shape index (κ2) is 8.97. The Morgan fingerprint density at radius 3 is 2.41 bits per heavy atom. The van der Waals surface area contributed by atoms with Gasteiger partial charge >= 0.3 is 0 Å². The van der Waals surface area contributed by atoms with Crippen molar-refractivity contribution in [1.29, 1.82) is 0 Å². The second-order valence-electron chi connectivity index (χ2n) is 7.77. The summed E-state index contributed by atoms with van der Waals surface area (Å²) in [5.74, 6) is 0.582. The summed E-state index contributed by atoms with van der Waals surface area (Å²) in [4.78, 5) is 29.6. The minimum Gasteiger partial charge on any atom is -0.373 e. The van der Waals surface area contributed by atoms with Crippen molar-refractivity contribution in [2.45, 2.75) is 18.9 Å². The average Bonchev–Trinajstić information content (AvgIpc) is 3.58. The van der Waals surface area contributed by atoms with Gasteiger partial charge in [0.15, 0.2) is 0 Å². The maximum absolute atomic E-state index is 13.0. The molecule has 152 valence electrons. The van der Waals surface area contributed by atoms with Crippen LogP contribution in [0.1, 0.15) is 33.6 Å². The Morgan fingerprint density at radius 2 is 1.72 bits per heavy atom. The molecule has 1 atom stereocenters. The molecule has 0 radical (unpaired) electrons. The third kappa shape index (κ3) is 5.17. The first-order valence-corrected chi connectivity index (χ1v) is 10.5. The average molecular weight is 413 g/mol. The van der Waals surface area contributed by atoms with E-state index in [1.54, 1.807) is 29.2 Å². The van der Waals surface area contributed by atoms with Gasteiger partial charge in [0.25, 0.3) is 11.8 Å². The lowest BCUT2D eigenvalue weighted by atomic mass is 10.1. The molecule has 1 aliphatic heterocycles. The molecule has 0 aromatic heterocycles. The summed E-state index contributed by atoms with van der Waals surface area (Å²) in [5.41, 5.74) is 1.31. The van der Waals surface area contributed by atoms with Crippen molar-refractivity contribution in [3.05, 3.63) is 70.7 Å². The maximum atomic E-state index is 13.0. The Balaban J connectivity index is 1.42. The summed E-state index contributed by atoms with van der Waals surface area (Å²) < 4.78 is 5.92. The van der Waals surface area contributed by atoms with E-state index in [-0.39, 0.29) is 17.9 Å². The van der Waals surface area contributed by atoms with Gasteiger partial charge in [-0.2, -0.15) is 0 Å². The van der Waals surface area contributed by atoms with Crippen molar-refractivity contribution in [3.63, 3.8) is 0 Å². The molecule has 2 aromatic carbocycles. The van der Waals surface area contributed by atoms with Crippen LogP contribution in [0.4, 0.5) is 0 Å². The number of nitrogens with zero attached hydrogens (tertiary/aromatic N) is 2. The van der Waals surface area contributed by atoms with Crippen LogP contribution in [0.25, 0.3) is 0 Å². The molecule has 2 aliphatic rings. The lowest BCUT2D eigenvalue weighted by Gasteiger charge is -2.36. The van der Waals surface area contributed by atoms with Crippen LogP contribution in [-0.4, -0.2) is 60.5 Å². The van der Waals surface area contributed by atoms with Gasteiger partial charge in [-0.3, -0.25) is 9.59 Å². The summed E-state index contributed by atoms with van der Waals surface area (Å²) in [5, 5.41) is 0.608. The highest BCUT2D eigenvalue weighted by atomic mass is 35.5. The van der Waals surface area contributed by atoms with Crippen LogP contribution in [-0.2, 0) is 4.74 Å². The maximum Gasteiger partial charge on any atom is 0.254 e. The van der Waals surface area contributed by atoms with Crippen LogP contribution in [0.5, 0.6) is 0 Å².